The Labute approximate surface area is 167 Å². The lowest BCUT2D eigenvalue weighted by Gasteiger charge is -2.38. The summed E-state index contributed by atoms with van der Waals surface area (Å²) in [5, 5.41) is 15.2. The lowest BCUT2D eigenvalue weighted by molar-refractivity contribution is -0.384. The van der Waals surface area contributed by atoms with Crippen LogP contribution in [0.2, 0.25) is 5.02 Å². The molecule has 0 radical (unpaired) electrons. The van der Waals surface area contributed by atoms with E-state index in [0.717, 1.165) is 23.2 Å². The van der Waals surface area contributed by atoms with E-state index in [0.29, 0.717) is 10.6 Å². The summed E-state index contributed by atoms with van der Waals surface area (Å²) in [5.74, 6) is 0.272. The van der Waals surface area contributed by atoms with Gasteiger partial charge < -0.3 is 10.2 Å². The molecule has 4 rings (SSSR count). The summed E-state index contributed by atoms with van der Waals surface area (Å²) in [6.45, 7) is 0. The van der Waals surface area contributed by atoms with Crippen molar-refractivity contribution in [1.29, 1.82) is 0 Å². The Balaban J connectivity index is 1.77. The number of halogens is 1. The van der Waals surface area contributed by atoms with Gasteiger partial charge >= 0.3 is 0 Å². The molecule has 1 aliphatic heterocycles. The number of nitrogens with one attached hydrogen (secondary N) is 1. The third-order valence-electron chi connectivity index (χ3n) is 5.54. The van der Waals surface area contributed by atoms with E-state index in [-0.39, 0.29) is 29.5 Å². The summed E-state index contributed by atoms with van der Waals surface area (Å²) in [6.07, 6.45) is 5.13. The highest BCUT2D eigenvalue weighted by atomic mass is 35.5. The number of hydrogen-bond donors (Lipinski definition) is 1. The zero-order valence-corrected chi connectivity index (χ0v) is 16.3. The number of anilines is 1. The Morgan fingerprint density at radius 1 is 1.21 bits per heavy atom. The molecule has 0 spiro atoms. The van der Waals surface area contributed by atoms with Crippen molar-refractivity contribution in [3.63, 3.8) is 0 Å². The van der Waals surface area contributed by atoms with Gasteiger partial charge in [0.25, 0.3) is 11.6 Å². The second-order valence-electron chi connectivity index (χ2n) is 7.44. The van der Waals surface area contributed by atoms with Crippen molar-refractivity contribution in [2.75, 3.05) is 19.4 Å². The average Bonchev–Trinajstić information content (AvgIpc) is 3.16. The molecule has 3 unspecified atom stereocenters. The van der Waals surface area contributed by atoms with E-state index in [9.17, 15) is 14.9 Å². The fraction of sp³-hybridized carbons (Fsp3) is 0.286. The van der Waals surface area contributed by atoms with Crippen LogP contribution >= 0.6 is 11.6 Å². The number of nitro groups is 1. The van der Waals surface area contributed by atoms with E-state index in [4.69, 9.17) is 11.6 Å². The van der Waals surface area contributed by atoms with Crippen LogP contribution in [-0.4, -0.2) is 29.8 Å². The van der Waals surface area contributed by atoms with Gasteiger partial charge in [0, 0.05) is 54.0 Å². The van der Waals surface area contributed by atoms with Crippen LogP contribution in [0.15, 0.2) is 48.6 Å². The Morgan fingerprint density at radius 3 is 2.71 bits per heavy atom. The largest absolute Gasteiger partial charge is 0.378 e. The first-order chi connectivity index (χ1) is 13.4. The van der Waals surface area contributed by atoms with Gasteiger partial charge in [0.15, 0.2) is 0 Å². The van der Waals surface area contributed by atoms with Crippen molar-refractivity contribution >= 4 is 28.9 Å². The predicted molar refractivity (Wildman–Crippen MR) is 109 cm³/mol. The number of nitro benzene ring substituents is 1. The molecule has 2 aliphatic rings. The van der Waals surface area contributed by atoms with Gasteiger partial charge in [0.05, 0.1) is 11.0 Å². The number of allylic oxidation sites excluding steroid dienone is 2. The molecule has 1 N–H and O–H groups in total. The molecule has 3 atom stereocenters. The molecule has 1 heterocycles. The first-order valence-electron chi connectivity index (χ1n) is 9.09. The summed E-state index contributed by atoms with van der Waals surface area (Å²) in [6, 6.07) is 10.1. The van der Waals surface area contributed by atoms with Crippen LogP contribution in [-0.2, 0) is 0 Å². The third-order valence-corrected chi connectivity index (χ3v) is 5.89. The van der Waals surface area contributed by atoms with E-state index in [1.807, 2.05) is 12.1 Å². The van der Waals surface area contributed by atoms with E-state index in [1.54, 1.807) is 37.2 Å². The minimum atomic E-state index is -0.403. The smallest absolute Gasteiger partial charge is 0.269 e. The SMILES string of the molecule is CN(C)C(=O)c1ccc2c(c1)C1C=CCC1C(c1cc([N+](=O)[O-])ccc1Cl)N2. The monoisotopic (exact) mass is 397 g/mol. The van der Waals surface area contributed by atoms with E-state index in [2.05, 4.69) is 17.5 Å². The lowest BCUT2D eigenvalue weighted by Crippen LogP contribution is -2.30. The maximum atomic E-state index is 12.4. The third kappa shape index (κ3) is 3.03. The fourth-order valence-corrected chi connectivity index (χ4v) is 4.41. The van der Waals surface area contributed by atoms with Crippen LogP contribution in [0.25, 0.3) is 0 Å². The van der Waals surface area contributed by atoms with Crippen LogP contribution in [0.3, 0.4) is 0 Å². The van der Waals surface area contributed by atoms with Gasteiger partial charge in [-0.05, 0) is 42.2 Å². The van der Waals surface area contributed by atoms with Gasteiger partial charge in [-0.1, -0.05) is 23.8 Å². The number of carbonyl (C=O) groups is 1. The number of rotatable bonds is 3. The van der Waals surface area contributed by atoms with Crippen LogP contribution in [0.5, 0.6) is 0 Å². The number of nitrogens with zero attached hydrogens (tertiary/aromatic N) is 2. The van der Waals surface area contributed by atoms with Gasteiger partial charge in [-0.15, -0.1) is 0 Å². The Bertz CT molecular complexity index is 1000. The molecule has 0 fully saturated rings. The predicted octanol–water partition coefficient (Wildman–Crippen LogP) is 4.78. The summed E-state index contributed by atoms with van der Waals surface area (Å²) in [4.78, 5) is 24.7. The Hall–Kier alpha value is -2.86. The molecule has 6 nitrogen and oxygen atoms in total. The van der Waals surface area contributed by atoms with Gasteiger partial charge in [0.2, 0.25) is 0 Å². The minimum absolute atomic E-state index is 0.0291. The van der Waals surface area contributed by atoms with Crippen molar-refractivity contribution in [3.8, 4) is 0 Å². The molecular weight excluding hydrogens is 378 g/mol. The molecular formula is C21H20ClN3O3. The van der Waals surface area contributed by atoms with Crippen LogP contribution in [0.4, 0.5) is 11.4 Å². The van der Waals surface area contributed by atoms with Crippen molar-refractivity contribution in [1.82, 2.24) is 4.90 Å². The number of fused-ring (bicyclic) bond motifs is 3. The molecule has 28 heavy (non-hydrogen) atoms. The molecule has 2 aromatic rings. The summed E-state index contributed by atoms with van der Waals surface area (Å²) in [5.41, 5.74) is 3.41. The molecule has 0 aromatic heterocycles. The standard InChI is InChI=1S/C21H20ClN3O3/c1-24(2)21(26)12-6-9-19-16(10-12)14-4-3-5-15(14)20(23-19)17-11-13(25(27)28)7-8-18(17)22/h3-4,6-11,14-15,20,23H,5H2,1-2H3. The van der Waals surface area contributed by atoms with E-state index in [1.165, 1.54) is 6.07 Å². The summed E-state index contributed by atoms with van der Waals surface area (Å²) in [7, 11) is 3.47. The van der Waals surface area contributed by atoms with Gasteiger partial charge in [0.1, 0.15) is 0 Å². The molecule has 2 aromatic carbocycles. The quantitative estimate of drug-likeness (QED) is 0.459. The average molecular weight is 398 g/mol. The highest BCUT2D eigenvalue weighted by molar-refractivity contribution is 6.31. The molecule has 1 aliphatic carbocycles. The van der Waals surface area contributed by atoms with Crippen LogP contribution < -0.4 is 5.32 Å². The normalized spacial score (nSPS) is 22.2. The molecule has 144 valence electrons. The van der Waals surface area contributed by atoms with Crippen molar-refractivity contribution in [3.05, 3.63) is 80.4 Å². The van der Waals surface area contributed by atoms with Crippen molar-refractivity contribution in [2.24, 2.45) is 5.92 Å². The van der Waals surface area contributed by atoms with E-state index < -0.39 is 4.92 Å². The number of benzene rings is 2. The first kappa shape index (κ1) is 18.5. The van der Waals surface area contributed by atoms with E-state index >= 15 is 0 Å². The van der Waals surface area contributed by atoms with Crippen molar-refractivity contribution < 1.29 is 9.72 Å². The lowest BCUT2D eigenvalue weighted by atomic mass is 9.76. The van der Waals surface area contributed by atoms with Crippen LogP contribution in [0, 0.1) is 16.0 Å². The maximum Gasteiger partial charge on any atom is 0.269 e. The Morgan fingerprint density at radius 2 is 2.00 bits per heavy atom. The first-order valence-corrected chi connectivity index (χ1v) is 9.47. The minimum Gasteiger partial charge on any atom is -0.378 e. The molecule has 0 bridgehead atoms. The molecule has 0 saturated carbocycles. The van der Waals surface area contributed by atoms with Crippen molar-refractivity contribution in [2.45, 2.75) is 18.4 Å². The highest BCUT2D eigenvalue weighted by Gasteiger charge is 2.39. The summed E-state index contributed by atoms with van der Waals surface area (Å²) >= 11 is 6.42. The maximum absolute atomic E-state index is 12.4. The van der Waals surface area contributed by atoms with Gasteiger partial charge in [-0.3, -0.25) is 14.9 Å². The zero-order valence-electron chi connectivity index (χ0n) is 15.6. The number of amides is 1. The zero-order chi connectivity index (χ0) is 20.0. The van der Waals surface area contributed by atoms with Gasteiger partial charge in [-0.2, -0.15) is 0 Å². The number of carbonyl (C=O) groups excluding carboxylic acids is 1. The molecule has 7 heteroatoms. The molecule has 0 saturated heterocycles. The Kier molecular flexibility index (Phi) is 4.59. The topological polar surface area (TPSA) is 75.5 Å². The summed E-state index contributed by atoms with van der Waals surface area (Å²) < 4.78 is 0. The number of non-ortho nitro benzene ring substituents is 1. The van der Waals surface area contributed by atoms with Crippen LogP contribution in [0.1, 0.15) is 39.9 Å². The highest BCUT2D eigenvalue weighted by Crippen LogP contribution is 2.51. The number of hydrogen-bond acceptors (Lipinski definition) is 4. The second-order valence-corrected chi connectivity index (χ2v) is 7.85. The fourth-order valence-electron chi connectivity index (χ4n) is 4.18. The van der Waals surface area contributed by atoms with Gasteiger partial charge in [-0.25, -0.2) is 0 Å². The second kappa shape index (κ2) is 6.95. The molecule has 1 amide bonds.